The second-order valence-corrected chi connectivity index (χ2v) is 5.17. The van der Waals surface area contributed by atoms with Crippen LogP contribution in [0.15, 0.2) is 24.3 Å². The number of aryl methyl sites for hydroxylation is 1. The zero-order valence-corrected chi connectivity index (χ0v) is 10.9. The lowest BCUT2D eigenvalue weighted by atomic mass is 10.1. The number of hydrogen-bond acceptors (Lipinski definition) is 2. The Labute approximate surface area is 110 Å². The first-order valence-electron chi connectivity index (χ1n) is 6.01. The molecule has 4 heteroatoms. The molecule has 92 valence electrons. The van der Waals surface area contributed by atoms with Gasteiger partial charge in [-0.1, -0.05) is 24.4 Å². The molecule has 1 aliphatic carbocycles. The Kier molecular flexibility index (Phi) is 2.74. The fourth-order valence-corrected chi connectivity index (χ4v) is 2.16. The monoisotopic (exact) mass is 260 g/mol. The van der Waals surface area contributed by atoms with Crippen LogP contribution in [-0.2, 0) is 0 Å². The first kappa shape index (κ1) is 11.5. The van der Waals surface area contributed by atoms with Gasteiger partial charge in [0.1, 0.15) is 16.3 Å². The summed E-state index contributed by atoms with van der Waals surface area (Å²) >= 11 is 5.17. The number of H-pyrrole nitrogens is 1. The van der Waals surface area contributed by atoms with Crippen LogP contribution in [0.3, 0.4) is 0 Å². The van der Waals surface area contributed by atoms with Gasteiger partial charge in [0.25, 0.3) is 0 Å². The van der Waals surface area contributed by atoms with E-state index in [1.807, 2.05) is 6.07 Å². The van der Waals surface area contributed by atoms with Crippen molar-refractivity contribution in [3.63, 3.8) is 0 Å². The average Bonchev–Trinajstić information content (AvgIpc) is 3.16. The van der Waals surface area contributed by atoms with Crippen molar-refractivity contribution < 1.29 is 4.39 Å². The van der Waals surface area contributed by atoms with E-state index in [-0.39, 0.29) is 5.82 Å². The number of nitrogens with zero attached hydrogens (tertiary/aromatic N) is 1. The predicted molar refractivity (Wildman–Crippen MR) is 71.5 cm³/mol. The lowest BCUT2D eigenvalue weighted by molar-refractivity contribution is 0.619. The summed E-state index contributed by atoms with van der Waals surface area (Å²) in [6.45, 7) is 1.75. The van der Waals surface area contributed by atoms with Gasteiger partial charge in [0.15, 0.2) is 0 Å². The molecule has 2 nitrogen and oxygen atoms in total. The van der Waals surface area contributed by atoms with Crippen LogP contribution < -0.4 is 0 Å². The molecule has 3 rings (SSSR count). The van der Waals surface area contributed by atoms with Crippen molar-refractivity contribution in [1.29, 1.82) is 0 Å². The maximum atomic E-state index is 13.6. The minimum atomic E-state index is -0.198. The molecule has 1 N–H and O–H groups in total. The van der Waals surface area contributed by atoms with Crippen molar-refractivity contribution in [3.8, 4) is 11.3 Å². The Morgan fingerprint density at radius 2 is 2.11 bits per heavy atom. The molecule has 0 bridgehead atoms. The maximum absolute atomic E-state index is 13.6. The first-order chi connectivity index (χ1) is 8.63. The van der Waals surface area contributed by atoms with Gasteiger partial charge in [0, 0.05) is 17.2 Å². The largest absolute Gasteiger partial charge is 0.343 e. The standard InChI is InChI=1S/C14H13FN2S/c1-8-2-3-10(6-11(8)15)12-7-13(18)17-14(16-12)9-4-5-9/h2-3,6-7,9H,4-5H2,1H3,(H,16,17,18). The highest BCUT2D eigenvalue weighted by atomic mass is 32.1. The predicted octanol–water partition coefficient (Wildman–Crippen LogP) is 4.13. The molecule has 1 aliphatic rings. The summed E-state index contributed by atoms with van der Waals surface area (Å²) in [4.78, 5) is 7.59. The van der Waals surface area contributed by atoms with Gasteiger partial charge in [-0.15, -0.1) is 0 Å². The second kappa shape index (κ2) is 4.28. The summed E-state index contributed by atoms with van der Waals surface area (Å²) < 4.78 is 14.1. The Morgan fingerprint density at radius 1 is 1.33 bits per heavy atom. The first-order valence-corrected chi connectivity index (χ1v) is 6.42. The molecule has 0 unspecified atom stereocenters. The molecule has 2 aromatic rings. The van der Waals surface area contributed by atoms with Crippen LogP contribution in [0.25, 0.3) is 11.3 Å². The smallest absolute Gasteiger partial charge is 0.130 e. The van der Waals surface area contributed by atoms with Crippen molar-refractivity contribution >= 4 is 12.2 Å². The van der Waals surface area contributed by atoms with Crippen molar-refractivity contribution in [2.24, 2.45) is 0 Å². The Morgan fingerprint density at radius 3 is 2.78 bits per heavy atom. The number of nitrogens with one attached hydrogen (secondary N) is 1. The molecule has 0 amide bonds. The summed E-state index contributed by atoms with van der Waals surface area (Å²) in [6, 6.07) is 6.99. The molecule has 0 atom stereocenters. The minimum Gasteiger partial charge on any atom is -0.343 e. The molecular weight excluding hydrogens is 247 g/mol. The van der Waals surface area contributed by atoms with Crippen LogP contribution in [0.1, 0.15) is 30.1 Å². The number of hydrogen-bond donors (Lipinski definition) is 1. The molecule has 1 saturated carbocycles. The number of benzene rings is 1. The van der Waals surface area contributed by atoms with Crippen LogP contribution >= 0.6 is 12.2 Å². The van der Waals surface area contributed by atoms with Gasteiger partial charge in [0.05, 0.1) is 0 Å². The minimum absolute atomic E-state index is 0.198. The van der Waals surface area contributed by atoms with Gasteiger partial charge in [-0.2, -0.15) is 0 Å². The van der Waals surface area contributed by atoms with Gasteiger partial charge >= 0.3 is 0 Å². The van der Waals surface area contributed by atoms with E-state index < -0.39 is 0 Å². The number of halogens is 1. The Balaban J connectivity index is 2.09. The maximum Gasteiger partial charge on any atom is 0.130 e. The zero-order valence-electron chi connectivity index (χ0n) is 10.0. The van der Waals surface area contributed by atoms with E-state index >= 15 is 0 Å². The third kappa shape index (κ3) is 2.20. The van der Waals surface area contributed by atoms with Crippen molar-refractivity contribution in [2.75, 3.05) is 0 Å². The van der Waals surface area contributed by atoms with Gasteiger partial charge in [-0.3, -0.25) is 0 Å². The quantitative estimate of drug-likeness (QED) is 0.822. The number of aromatic amines is 1. The highest BCUT2D eigenvalue weighted by Crippen LogP contribution is 2.38. The Hall–Kier alpha value is -1.55. The molecule has 1 fully saturated rings. The second-order valence-electron chi connectivity index (χ2n) is 4.76. The normalized spacial score (nSPS) is 14.8. The fourth-order valence-electron chi connectivity index (χ4n) is 1.94. The third-order valence-corrected chi connectivity index (χ3v) is 3.42. The van der Waals surface area contributed by atoms with E-state index in [0.717, 1.165) is 29.9 Å². The van der Waals surface area contributed by atoms with Crippen molar-refractivity contribution in [2.45, 2.75) is 25.7 Å². The summed E-state index contributed by atoms with van der Waals surface area (Å²) in [7, 11) is 0. The molecule has 0 saturated heterocycles. The van der Waals surface area contributed by atoms with E-state index in [0.29, 0.717) is 16.1 Å². The van der Waals surface area contributed by atoms with E-state index in [2.05, 4.69) is 9.97 Å². The van der Waals surface area contributed by atoms with E-state index in [9.17, 15) is 4.39 Å². The third-order valence-electron chi connectivity index (χ3n) is 3.21. The van der Waals surface area contributed by atoms with Gasteiger partial charge < -0.3 is 4.98 Å². The SMILES string of the molecule is Cc1ccc(-c2cc(=S)nc(C3CC3)[nH]2)cc1F. The molecule has 18 heavy (non-hydrogen) atoms. The van der Waals surface area contributed by atoms with Crippen molar-refractivity contribution in [3.05, 3.63) is 46.1 Å². The highest BCUT2D eigenvalue weighted by molar-refractivity contribution is 7.71. The number of aromatic nitrogens is 2. The summed E-state index contributed by atoms with van der Waals surface area (Å²) in [5, 5.41) is 0. The van der Waals surface area contributed by atoms with Crippen molar-refractivity contribution in [1.82, 2.24) is 9.97 Å². The molecular formula is C14H13FN2S. The Bertz CT molecular complexity index is 659. The zero-order chi connectivity index (χ0) is 12.7. The van der Waals surface area contributed by atoms with Gasteiger partial charge in [-0.25, -0.2) is 9.37 Å². The van der Waals surface area contributed by atoms with Crippen LogP contribution in [-0.4, -0.2) is 9.97 Å². The fraction of sp³-hybridized carbons (Fsp3) is 0.286. The van der Waals surface area contributed by atoms with Crippen LogP contribution in [0.5, 0.6) is 0 Å². The summed E-state index contributed by atoms with van der Waals surface area (Å²) in [5.74, 6) is 1.23. The molecule has 0 spiro atoms. The summed E-state index contributed by atoms with van der Waals surface area (Å²) in [5.41, 5.74) is 2.30. The molecule has 0 aliphatic heterocycles. The number of rotatable bonds is 2. The van der Waals surface area contributed by atoms with Crippen LogP contribution in [0.4, 0.5) is 4.39 Å². The van der Waals surface area contributed by atoms with Gasteiger partial charge in [0.2, 0.25) is 0 Å². The highest BCUT2D eigenvalue weighted by Gasteiger charge is 2.26. The lowest BCUT2D eigenvalue weighted by Crippen LogP contribution is -1.96. The van der Waals surface area contributed by atoms with Crippen LogP contribution in [0, 0.1) is 17.4 Å². The van der Waals surface area contributed by atoms with Gasteiger partial charge in [-0.05, 0) is 37.5 Å². The molecule has 0 radical (unpaired) electrons. The molecule has 1 aromatic carbocycles. The van der Waals surface area contributed by atoms with E-state index in [1.54, 1.807) is 19.1 Å². The molecule has 1 aromatic heterocycles. The van der Waals surface area contributed by atoms with Crippen LogP contribution in [0.2, 0.25) is 0 Å². The van der Waals surface area contributed by atoms with E-state index in [4.69, 9.17) is 12.2 Å². The topological polar surface area (TPSA) is 28.7 Å². The molecule has 1 heterocycles. The lowest BCUT2D eigenvalue weighted by Gasteiger charge is -2.06. The average molecular weight is 260 g/mol. The van der Waals surface area contributed by atoms with E-state index in [1.165, 1.54) is 6.07 Å². The summed E-state index contributed by atoms with van der Waals surface area (Å²) in [6.07, 6.45) is 2.31.